The van der Waals surface area contributed by atoms with Gasteiger partial charge in [0.15, 0.2) is 0 Å². The Morgan fingerprint density at radius 2 is 1.72 bits per heavy atom. The molecule has 0 aliphatic carbocycles. The highest BCUT2D eigenvalue weighted by atomic mass is 19.1. The van der Waals surface area contributed by atoms with E-state index < -0.39 is 11.6 Å². The summed E-state index contributed by atoms with van der Waals surface area (Å²) < 4.78 is 25.9. The van der Waals surface area contributed by atoms with Crippen LogP contribution in [0.1, 0.15) is 46.0 Å². The molecular weight excluding hydrogens is 232 g/mol. The zero-order chi connectivity index (χ0) is 13.4. The molecule has 0 spiro atoms. The third kappa shape index (κ3) is 5.99. The van der Waals surface area contributed by atoms with Crippen molar-refractivity contribution in [2.45, 2.75) is 46.0 Å². The molecule has 102 valence electrons. The first kappa shape index (κ1) is 14.9. The second kappa shape index (κ2) is 8.06. The summed E-state index contributed by atoms with van der Waals surface area (Å²) in [6, 6.07) is 3.54. The van der Waals surface area contributed by atoms with Crippen molar-refractivity contribution in [3.05, 3.63) is 29.8 Å². The number of halogens is 2. The lowest BCUT2D eigenvalue weighted by Gasteiger charge is -2.13. The molecule has 3 heteroatoms. The molecule has 1 atom stereocenters. The van der Waals surface area contributed by atoms with Crippen LogP contribution >= 0.6 is 0 Å². The van der Waals surface area contributed by atoms with Gasteiger partial charge in [0.1, 0.15) is 11.6 Å². The molecule has 1 nitrogen and oxygen atoms in total. The van der Waals surface area contributed by atoms with Gasteiger partial charge in [-0.2, -0.15) is 0 Å². The van der Waals surface area contributed by atoms with E-state index in [-0.39, 0.29) is 0 Å². The molecule has 0 aliphatic rings. The largest absolute Gasteiger partial charge is 0.385 e. The van der Waals surface area contributed by atoms with Crippen molar-refractivity contribution < 1.29 is 8.78 Å². The Morgan fingerprint density at radius 3 is 2.33 bits per heavy atom. The number of rotatable bonds is 8. The van der Waals surface area contributed by atoms with E-state index in [0.29, 0.717) is 11.6 Å². The third-order valence-corrected chi connectivity index (χ3v) is 3.07. The molecule has 0 aliphatic heterocycles. The minimum absolute atomic E-state index is 0.521. The highest BCUT2D eigenvalue weighted by Gasteiger charge is 2.04. The molecule has 0 radical (unpaired) electrons. The van der Waals surface area contributed by atoms with Crippen LogP contribution in [0.3, 0.4) is 0 Å². The second-order valence-electron chi connectivity index (χ2n) is 4.99. The predicted molar refractivity (Wildman–Crippen MR) is 72.8 cm³/mol. The summed E-state index contributed by atoms with van der Waals surface area (Å²) in [4.78, 5) is 0. The summed E-state index contributed by atoms with van der Waals surface area (Å²) in [7, 11) is 0. The number of nitrogens with one attached hydrogen (secondary N) is 1. The number of hydrogen-bond acceptors (Lipinski definition) is 1. The van der Waals surface area contributed by atoms with Crippen molar-refractivity contribution in [1.29, 1.82) is 0 Å². The van der Waals surface area contributed by atoms with Crippen molar-refractivity contribution in [3.8, 4) is 0 Å². The van der Waals surface area contributed by atoms with Crippen molar-refractivity contribution in [3.63, 3.8) is 0 Å². The maximum absolute atomic E-state index is 13.0. The number of benzene rings is 1. The summed E-state index contributed by atoms with van der Waals surface area (Å²) in [6.45, 7) is 5.12. The molecule has 1 rings (SSSR count). The Labute approximate surface area is 109 Å². The van der Waals surface area contributed by atoms with Crippen molar-refractivity contribution in [2.24, 2.45) is 5.92 Å². The summed E-state index contributed by atoms with van der Waals surface area (Å²) >= 11 is 0. The topological polar surface area (TPSA) is 12.0 Å². The van der Waals surface area contributed by atoms with Crippen molar-refractivity contribution >= 4 is 5.69 Å². The summed E-state index contributed by atoms with van der Waals surface area (Å²) in [5.41, 5.74) is 0.521. The monoisotopic (exact) mass is 255 g/mol. The molecule has 1 aromatic carbocycles. The SMILES string of the molecule is CCCCCCC(C)CNc1cc(F)cc(F)c1. The van der Waals surface area contributed by atoms with Gasteiger partial charge in [-0.3, -0.25) is 0 Å². The van der Waals surface area contributed by atoms with Crippen LogP contribution < -0.4 is 5.32 Å². The summed E-state index contributed by atoms with van der Waals surface area (Å²) in [6.07, 6.45) is 6.19. The lowest BCUT2D eigenvalue weighted by molar-refractivity contribution is 0.507. The van der Waals surface area contributed by atoms with E-state index in [2.05, 4.69) is 19.2 Å². The van der Waals surface area contributed by atoms with E-state index in [1.54, 1.807) is 0 Å². The van der Waals surface area contributed by atoms with Gasteiger partial charge in [0, 0.05) is 18.3 Å². The molecule has 0 saturated heterocycles. The maximum Gasteiger partial charge on any atom is 0.128 e. The molecule has 1 N–H and O–H groups in total. The first-order chi connectivity index (χ1) is 8.61. The fraction of sp³-hybridized carbons (Fsp3) is 0.600. The number of unbranched alkanes of at least 4 members (excludes halogenated alkanes) is 3. The van der Waals surface area contributed by atoms with Crippen LogP contribution in [0, 0.1) is 17.6 Å². The van der Waals surface area contributed by atoms with Gasteiger partial charge in [-0.25, -0.2) is 8.78 Å². The average molecular weight is 255 g/mol. The molecular formula is C15H23F2N. The van der Waals surface area contributed by atoms with Crippen LogP contribution in [0.25, 0.3) is 0 Å². The first-order valence-electron chi connectivity index (χ1n) is 6.81. The molecule has 0 saturated carbocycles. The van der Waals surface area contributed by atoms with E-state index in [1.165, 1.54) is 37.8 Å². The van der Waals surface area contributed by atoms with Crippen LogP contribution in [0.5, 0.6) is 0 Å². The summed E-state index contributed by atoms with van der Waals surface area (Å²) in [5, 5.41) is 3.09. The smallest absolute Gasteiger partial charge is 0.128 e. The standard InChI is InChI=1S/C15H23F2N/c1-3-4-5-6-7-12(2)11-18-15-9-13(16)8-14(17)10-15/h8-10,12,18H,3-7,11H2,1-2H3. The lowest BCUT2D eigenvalue weighted by atomic mass is 10.0. The van der Waals surface area contributed by atoms with Crippen LogP contribution in [0.15, 0.2) is 18.2 Å². The zero-order valence-electron chi connectivity index (χ0n) is 11.3. The van der Waals surface area contributed by atoms with Gasteiger partial charge in [-0.1, -0.05) is 39.5 Å². The van der Waals surface area contributed by atoms with E-state index in [1.807, 2.05) is 0 Å². The lowest BCUT2D eigenvalue weighted by Crippen LogP contribution is -2.11. The highest BCUT2D eigenvalue weighted by molar-refractivity contribution is 5.43. The first-order valence-corrected chi connectivity index (χ1v) is 6.81. The predicted octanol–water partition coefficient (Wildman–Crippen LogP) is 4.98. The Bertz CT molecular complexity index is 332. The molecule has 0 fully saturated rings. The Hall–Kier alpha value is -1.12. The van der Waals surface area contributed by atoms with E-state index in [4.69, 9.17) is 0 Å². The Morgan fingerprint density at radius 1 is 1.06 bits per heavy atom. The van der Waals surface area contributed by atoms with Gasteiger partial charge in [0.05, 0.1) is 0 Å². The van der Waals surface area contributed by atoms with Gasteiger partial charge < -0.3 is 5.32 Å². The fourth-order valence-electron chi connectivity index (χ4n) is 1.97. The number of anilines is 1. The molecule has 0 heterocycles. The van der Waals surface area contributed by atoms with Crippen LogP contribution in [0.4, 0.5) is 14.5 Å². The van der Waals surface area contributed by atoms with Crippen LogP contribution in [0.2, 0.25) is 0 Å². The van der Waals surface area contributed by atoms with E-state index >= 15 is 0 Å². The quantitative estimate of drug-likeness (QED) is 0.646. The Balaban J connectivity index is 2.26. The third-order valence-electron chi connectivity index (χ3n) is 3.07. The minimum Gasteiger partial charge on any atom is -0.385 e. The van der Waals surface area contributed by atoms with Gasteiger partial charge >= 0.3 is 0 Å². The van der Waals surface area contributed by atoms with Crippen LogP contribution in [-0.2, 0) is 0 Å². The molecule has 1 unspecified atom stereocenters. The van der Waals surface area contributed by atoms with E-state index in [9.17, 15) is 8.78 Å². The van der Waals surface area contributed by atoms with Gasteiger partial charge in [-0.05, 0) is 24.5 Å². The molecule has 0 aromatic heterocycles. The normalized spacial score (nSPS) is 12.4. The number of hydrogen-bond donors (Lipinski definition) is 1. The molecule has 0 bridgehead atoms. The molecule has 0 amide bonds. The summed E-state index contributed by atoms with van der Waals surface area (Å²) in [5.74, 6) is -0.547. The highest BCUT2D eigenvalue weighted by Crippen LogP contribution is 2.15. The Kier molecular flexibility index (Phi) is 6.69. The van der Waals surface area contributed by atoms with Gasteiger partial charge in [0.25, 0.3) is 0 Å². The van der Waals surface area contributed by atoms with Crippen molar-refractivity contribution in [1.82, 2.24) is 0 Å². The second-order valence-corrected chi connectivity index (χ2v) is 4.99. The van der Waals surface area contributed by atoms with Gasteiger partial charge in [0.2, 0.25) is 0 Å². The molecule has 1 aromatic rings. The van der Waals surface area contributed by atoms with Crippen molar-refractivity contribution in [2.75, 3.05) is 11.9 Å². The maximum atomic E-state index is 13.0. The minimum atomic E-state index is -0.534. The van der Waals surface area contributed by atoms with E-state index in [0.717, 1.165) is 19.0 Å². The van der Waals surface area contributed by atoms with Crippen LogP contribution in [-0.4, -0.2) is 6.54 Å². The molecule has 18 heavy (non-hydrogen) atoms. The fourth-order valence-corrected chi connectivity index (χ4v) is 1.97. The average Bonchev–Trinajstić information content (AvgIpc) is 2.31. The van der Waals surface area contributed by atoms with Gasteiger partial charge in [-0.15, -0.1) is 0 Å². The zero-order valence-corrected chi connectivity index (χ0v) is 11.3.